The number of benzene rings is 2. The summed E-state index contributed by atoms with van der Waals surface area (Å²) in [5.74, 6) is 0.933. The zero-order chi connectivity index (χ0) is 15.0. The molecule has 1 aromatic heterocycles. The molecule has 4 heteroatoms. The Hall–Kier alpha value is -1.87. The van der Waals surface area contributed by atoms with Crippen molar-refractivity contribution in [3.63, 3.8) is 0 Å². The van der Waals surface area contributed by atoms with E-state index >= 15 is 0 Å². The molecule has 2 nitrogen and oxygen atoms in total. The first-order valence-corrected chi connectivity index (χ1v) is 7.47. The first-order valence-electron chi connectivity index (χ1n) is 6.93. The van der Waals surface area contributed by atoms with Gasteiger partial charge in [0.05, 0.1) is 5.52 Å². The minimum absolute atomic E-state index is 0.187. The van der Waals surface area contributed by atoms with E-state index in [9.17, 15) is 4.39 Å². The number of alkyl halides is 1. The van der Waals surface area contributed by atoms with Gasteiger partial charge in [-0.1, -0.05) is 24.3 Å². The summed E-state index contributed by atoms with van der Waals surface area (Å²) < 4.78 is 16.1. The molecular weight excluding hydrogens is 287 g/mol. The van der Waals surface area contributed by atoms with Gasteiger partial charge in [0.25, 0.3) is 0 Å². The van der Waals surface area contributed by atoms with Gasteiger partial charge in [-0.15, -0.1) is 11.6 Å². The lowest BCUT2D eigenvalue weighted by molar-refractivity contribution is 0.623. The molecule has 0 aliphatic carbocycles. The van der Waals surface area contributed by atoms with Gasteiger partial charge in [-0.2, -0.15) is 0 Å². The quantitative estimate of drug-likeness (QED) is 0.611. The molecule has 0 atom stereocenters. The molecule has 0 aliphatic rings. The number of hydrogen-bond acceptors (Lipinski definition) is 1. The summed E-state index contributed by atoms with van der Waals surface area (Å²) >= 11 is 5.91. The zero-order valence-corrected chi connectivity index (χ0v) is 12.7. The van der Waals surface area contributed by atoms with Gasteiger partial charge < -0.3 is 4.57 Å². The molecule has 21 heavy (non-hydrogen) atoms. The second-order valence-electron chi connectivity index (χ2n) is 5.34. The summed E-state index contributed by atoms with van der Waals surface area (Å²) in [6.07, 6.45) is 0. The number of fused-ring (bicyclic) bond motifs is 1. The lowest BCUT2D eigenvalue weighted by atomic mass is 10.1. The third-order valence-corrected chi connectivity index (χ3v) is 3.84. The standard InChI is InChI=1S/C17H16ClFN2/c1-11(2)21-15-8-4-7-14(19)16(15)20-17(21)13-6-3-5-12(9-13)10-18/h3-9,11H,10H2,1-2H3. The van der Waals surface area contributed by atoms with E-state index in [0.29, 0.717) is 11.4 Å². The number of rotatable bonds is 3. The van der Waals surface area contributed by atoms with Gasteiger partial charge in [-0.3, -0.25) is 0 Å². The SMILES string of the molecule is CC(C)n1c(-c2cccc(CCl)c2)nc2c(F)cccc21. The van der Waals surface area contributed by atoms with E-state index in [0.717, 1.165) is 22.5 Å². The van der Waals surface area contributed by atoms with Crippen molar-refractivity contribution in [1.82, 2.24) is 9.55 Å². The van der Waals surface area contributed by atoms with Gasteiger partial charge in [0.2, 0.25) is 0 Å². The van der Waals surface area contributed by atoms with E-state index in [2.05, 4.69) is 23.4 Å². The summed E-state index contributed by atoms with van der Waals surface area (Å²) in [4.78, 5) is 4.52. The minimum atomic E-state index is -0.290. The smallest absolute Gasteiger partial charge is 0.151 e. The molecule has 108 valence electrons. The Kier molecular flexibility index (Phi) is 3.68. The number of aromatic nitrogens is 2. The monoisotopic (exact) mass is 302 g/mol. The van der Waals surface area contributed by atoms with Gasteiger partial charge >= 0.3 is 0 Å². The fraction of sp³-hybridized carbons (Fsp3) is 0.235. The van der Waals surface area contributed by atoms with E-state index in [1.54, 1.807) is 6.07 Å². The van der Waals surface area contributed by atoms with Crippen molar-refractivity contribution < 1.29 is 4.39 Å². The Bertz CT molecular complexity index is 793. The van der Waals surface area contributed by atoms with Crippen LogP contribution >= 0.6 is 11.6 Å². The van der Waals surface area contributed by atoms with Gasteiger partial charge in [0.1, 0.15) is 11.3 Å². The molecule has 0 unspecified atom stereocenters. The number of para-hydroxylation sites is 1. The second-order valence-corrected chi connectivity index (χ2v) is 5.61. The molecule has 0 amide bonds. The third-order valence-electron chi connectivity index (χ3n) is 3.53. The number of halogens is 2. The fourth-order valence-electron chi connectivity index (χ4n) is 2.60. The Morgan fingerprint density at radius 3 is 2.67 bits per heavy atom. The Balaban J connectivity index is 2.30. The van der Waals surface area contributed by atoms with Crippen molar-refractivity contribution in [3.05, 3.63) is 53.8 Å². The zero-order valence-electron chi connectivity index (χ0n) is 12.0. The lowest BCUT2D eigenvalue weighted by Crippen LogP contribution is -2.03. The van der Waals surface area contributed by atoms with E-state index < -0.39 is 0 Å². The molecule has 0 bridgehead atoms. The van der Waals surface area contributed by atoms with Crippen LogP contribution in [0.2, 0.25) is 0 Å². The molecule has 1 heterocycles. The van der Waals surface area contributed by atoms with Gasteiger partial charge in [-0.05, 0) is 37.6 Å². The molecule has 0 fully saturated rings. The fourth-order valence-corrected chi connectivity index (χ4v) is 2.77. The molecule has 0 saturated heterocycles. The highest BCUT2D eigenvalue weighted by molar-refractivity contribution is 6.17. The maximum Gasteiger partial charge on any atom is 0.151 e. The highest BCUT2D eigenvalue weighted by atomic mass is 35.5. The van der Waals surface area contributed by atoms with Crippen LogP contribution in [0.1, 0.15) is 25.5 Å². The maximum atomic E-state index is 14.0. The maximum absolute atomic E-state index is 14.0. The van der Waals surface area contributed by atoms with E-state index in [-0.39, 0.29) is 11.9 Å². The molecule has 0 spiro atoms. The van der Waals surface area contributed by atoms with Crippen LogP contribution in [0.25, 0.3) is 22.4 Å². The lowest BCUT2D eigenvalue weighted by Gasteiger charge is -2.13. The number of nitrogens with zero attached hydrogens (tertiary/aromatic N) is 2. The second kappa shape index (κ2) is 5.49. The topological polar surface area (TPSA) is 17.8 Å². The van der Waals surface area contributed by atoms with Crippen molar-refractivity contribution in [2.45, 2.75) is 25.8 Å². The summed E-state index contributed by atoms with van der Waals surface area (Å²) in [5.41, 5.74) is 3.21. The van der Waals surface area contributed by atoms with Crippen LogP contribution in [0.5, 0.6) is 0 Å². The molecule has 0 N–H and O–H groups in total. The van der Waals surface area contributed by atoms with Crippen molar-refractivity contribution in [3.8, 4) is 11.4 Å². The van der Waals surface area contributed by atoms with E-state index in [1.807, 2.05) is 30.3 Å². The predicted octanol–water partition coefficient (Wildman–Crippen LogP) is 5.16. The van der Waals surface area contributed by atoms with Gasteiger partial charge in [0.15, 0.2) is 5.82 Å². The van der Waals surface area contributed by atoms with Crippen molar-refractivity contribution in [2.24, 2.45) is 0 Å². The summed E-state index contributed by atoms with van der Waals surface area (Å²) in [6, 6.07) is 13.2. The Labute approximate surface area is 128 Å². The normalized spacial score (nSPS) is 11.5. The van der Waals surface area contributed by atoms with Gasteiger partial charge in [0, 0.05) is 17.5 Å². The molecule has 0 aliphatic heterocycles. The molecule has 2 aromatic carbocycles. The van der Waals surface area contributed by atoms with Crippen LogP contribution in [0, 0.1) is 5.82 Å². The molecule has 0 radical (unpaired) electrons. The van der Waals surface area contributed by atoms with E-state index in [1.165, 1.54) is 6.07 Å². The molecule has 0 saturated carbocycles. The Morgan fingerprint density at radius 1 is 1.19 bits per heavy atom. The third kappa shape index (κ3) is 2.42. The van der Waals surface area contributed by atoms with Crippen LogP contribution in [0.4, 0.5) is 4.39 Å². The van der Waals surface area contributed by atoms with Crippen LogP contribution in [-0.2, 0) is 5.88 Å². The average Bonchev–Trinajstić information content (AvgIpc) is 2.88. The van der Waals surface area contributed by atoms with Crippen LogP contribution in [0.15, 0.2) is 42.5 Å². The largest absolute Gasteiger partial charge is 0.321 e. The first kappa shape index (κ1) is 14.1. The minimum Gasteiger partial charge on any atom is -0.321 e. The van der Waals surface area contributed by atoms with E-state index in [4.69, 9.17) is 11.6 Å². The van der Waals surface area contributed by atoms with Gasteiger partial charge in [-0.25, -0.2) is 9.37 Å². The summed E-state index contributed by atoms with van der Waals surface area (Å²) in [7, 11) is 0. The first-order chi connectivity index (χ1) is 10.1. The molecule has 3 rings (SSSR count). The predicted molar refractivity (Wildman–Crippen MR) is 85.1 cm³/mol. The van der Waals surface area contributed by atoms with Crippen LogP contribution in [-0.4, -0.2) is 9.55 Å². The Morgan fingerprint density at radius 2 is 1.95 bits per heavy atom. The number of hydrogen-bond donors (Lipinski definition) is 0. The highest BCUT2D eigenvalue weighted by Crippen LogP contribution is 2.30. The summed E-state index contributed by atoms with van der Waals surface area (Å²) in [6.45, 7) is 4.14. The van der Waals surface area contributed by atoms with Crippen LogP contribution in [0.3, 0.4) is 0 Å². The van der Waals surface area contributed by atoms with Crippen molar-refractivity contribution >= 4 is 22.6 Å². The average molecular weight is 303 g/mol. The van der Waals surface area contributed by atoms with Crippen LogP contribution < -0.4 is 0 Å². The number of imidazole rings is 1. The summed E-state index contributed by atoms with van der Waals surface area (Å²) in [5, 5.41) is 0. The van der Waals surface area contributed by atoms with Crippen molar-refractivity contribution in [2.75, 3.05) is 0 Å². The highest BCUT2D eigenvalue weighted by Gasteiger charge is 2.17. The van der Waals surface area contributed by atoms with Crippen molar-refractivity contribution in [1.29, 1.82) is 0 Å². The molecular formula is C17H16ClFN2. The molecule has 3 aromatic rings.